The van der Waals surface area contributed by atoms with Gasteiger partial charge in [0.15, 0.2) is 0 Å². The van der Waals surface area contributed by atoms with E-state index >= 15 is 0 Å². The second-order valence-electron chi connectivity index (χ2n) is 3.60. The van der Waals surface area contributed by atoms with Crippen LogP contribution in [0, 0.1) is 11.3 Å². The molecule has 11 heavy (non-hydrogen) atoms. The third-order valence-electron chi connectivity index (χ3n) is 1.44. The van der Waals surface area contributed by atoms with Gasteiger partial charge in [-0.05, 0) is 5.41 Å². The van der Waals surface area contributed by atoms with E-state index in [4.69, 9.17) is 11.5 Å². The van der Waals surface area contributed by atoms with E-state index in [0.717, 1.165) is 0 Å². The first-order valence-electron chi connectivity index (χ1n) is 3.35. The van der Waals surface area contributed by atoms with E-state index in [1.165, 1.54) is 0 Å². The van der Waals surface area contributed by atoms with Crippen molar-refractivity contribution in [1.29, 1.82) is 0 Å². The number of amides is 2. The molecule has 0 aromatic carbocycles. The van der Waals surface area contributed by atoms with Crippen molar-refractivity contribution in [2.45, 2.75) is 20.8 Å². The Labute approximate surface area is 65.9 Å². The summed E-state index contributed by atoms with van der Waals surface area (Å²) >= 11 is 0. The van der Waals surface area contributed by atoms with Gasteiger partial charge in [0.2, 0.25) is 11.8 Å². The van der Waals surface area contributed by atoms with Crippen molar-refractivity contribution in [3.8, 4) is 0 Å². The lowest BCUT2D eigenvalue weighted by Gasteiger charge is -2.24. The molecule has 64 valence electrons. The molecule has 4 N–H and O–H groups in total. The van der Waals surface area contributed by atoms with Crippen LogP contribution in [-0.4, -0.2) is 11.8 Å². The van der Waals surface area contributed by atoms with E-state index in [0.29, 0.717) is 0 Å². The summed E-state index contributed by atoms with van der Waals surface area (Å²) in [6, 6.07) is 0. The second-order valence-corrected chi connectivity index (χ2v) is 3.60. The zero-order chi connectivity index (χ0) is 9.23. The van der Waals surface area contributed by atoms with Crippen LogP contribution < -0.4 is 11.5 Å². The van der Waals surface area contributed by atoms with Crippen LogP contribution in [0.5, 0.6) is 0 Å². The molecule has 0 aromatic heterocycles. The van der Waals surface area contributed by atoms with Gasteiger partial charge in [0.1, 0.15) is 5.92 Å². The third kappa shape index (κ3) is 2.57. The number of carbonyl (C=O) groups is 2. The number of carbonyl (C=O) groups excluding carboxylic acids is 2. The first kappa shape index (κ1) is 9.94. The highest BCUT2D eigenvalue weighted by atomic mass is 16.2. The first-order chi connectivity index (χ1) is 4.76. The Hall–Kier alpha value is -1.06. The highest BCUT2D eigenvalue weighted by molar-refractivity contribution is 5.99. The first-order valence-corrected chi connectivity index (χ1v) is 3.35. The molecule has 0 aliphatic rings. The molecule has 0 unspecified atom stereocenters. The maximum atomic E-state index is 10.7. The summed E-state index contributed by atoms with van der Waals surface area (Å²) in [5, 5.41) is 0. The Bertz CT molecular complexity index is 167. The monoisotopic (exact) mass is 158 g/mol. The molecule has 0 fully saturated rings. The largest absolute Gasteiger partial charge is 0.369 e. The normalized spacial score (nSPS) is 11.6. The maximum absolute atomic E-state index is 10.7. The lowest BCUT2D eigenvalue weighted by molar-refractivity contribution is -0.135. The molecule has 0 saturated carbocycles. The van der Waals surface area contributed by atoms with Crippen LogP contribution >= 0.6 is 0 Å². The van der Waals surface area contributed by atoms with Crippen molar-refractivity contribution in [3.05, 3.63) is 0 Å². The van der Waals surface area contributed by atoms with Crippen LogP contribution in [0.3, 0.4) is 0 Å². The van der Waals surface area contributed by atoms with Crippen LogP contribution in [0.2, 0.25) is 0 Å². The number of rotatable bonds is 2. The molecule has 0 atom stereocenters. The lowest BCUT2D eigenvalue weighted by Crippen LogP contribution is -2.43. The minimum absolute atomic E-state index is 0.488. The van der Waals surface area contributed by atoms with E-state index in [2.05, 4.69) is 0 Å². The average Bonchev–Trinajstić information content (AvgIpc) is 1.54. The van der Waals surface area contributed by atoms with E-state index in [1.54, 1.807) is 20.8 Å². The third-order valence-corrected chi connectivity index (χ3v) is 1.44. The number of nitrogens with two attached hydrogens (primary N) is 2. The Morgan fingerprint density at radius 1 is 1.09 bits per heavy atom. The molecule has 4 nitrogen and oxygen atoms in total. The van der Waals surface area contributed by atoms with Crippen LogP contribution in [0.15, 0.2) is 0 Å². The molecule has 0 saturated heterocycles. The Morgan fingerprint density at radius 3 is 1.36 bits per heavy atom. The van der Waals surface area contributed by atoms with Gasteiger partial charge in [-0.1, -0.05) is 20.8 Å². The van der Waals surface area contributed by atoms with E-state index < -0.39 is 23.1 Å². The Balaban J connectivity index is 4.63. The molecule has 0 heterocycles. The molecule has 0 bridgehead atoms. The molecule has 4 heteroatoms. The van der Waals surface area contributed by atoms with Crippen molar-refractivity contribution in [3.63, 3.8) is 0 Å². The summed E-state index contributed by atoms with van der Waals surface area (Å²) in [6.45, 7) is 5.23. The number of hydrogen-bond donors (Lipinski definition) is 2. The van der Waals surface area contributed by atoms with E-state index in [9.17, 15) is 9.59 Å². The van der Waals surface area contributed by atoms with Crippen molar-refractivity contribution < 1.29 is 9.59 Å². The minimum Gasteiger partial charge on any atom is -0.369 e. The molecular formula is C7H14N2O2. The van der Waals surface area contributed by atoms with Gasteiger partial charge in [0.05, 0.1) is 0 Å². The predicted molar refractivity (Wildman–Crippen MR) is 41.3 cm³/mol. The summed E-state index contributed by atoms with van der Waals surface area (Å²) in [6.07, 6.45) is 0. The van der Waals surface area contributed by atoms with Crippen molar-refractivity contribution in [2.75, 3.05) is 0 Å². The van der Waals surface area contributed by atoms with Gasteiger partial charge in [-0.25, -0.2) is 0 Å². The molecule has 0 rings (SSSR count). The van der Waals surface area contributed by atoms with E-state index in [-0.39, 0.29) is 0 Å². The molecule has 0 aliphatic carbocycles. The molecule has 0 aliphatic heterocycles. The summed E-state index contributed by atoms with van der Waals surface area (Å²) in [7, 11) is 0. The van der Waals surface area contributed by atoms with E-state index in [1.807, 2.05) is 0 Å². The average molecular weight is 158 g/mol. The Kier molecular flexibility index (Phi) is 2.62. The standard InChI is InChI=1S/C7H14N2O2/c1-7(2,3)4(5(8)10)6(9)11/h4H,1-3H3,(H2,8,10)(H2,9,11). The minimum atomic E-state index is -0.887. The van der Waals surface area contributed by atoms with Crippen molar-refractivity contribution in [2.24, 2.45) is 22.8 Å². The van der Waals surface area contributed by atoms with Gasteiger partial charge >= 0.3 is 0 Å². The highest BCUT2D eigenvalue weighted by Gasteiger charge is 2.34. The van der Waals surface area contributed by atoms with Gasteiger partial charge in [-0.15, -0.1) is 0 Å². The zero-order valence-corrected chi connectivity index (χ0v) is 7.05. The van der Waals surface area contributed by atoms with Crippen LogP contribution in [-0.2, 0) is 9.59 Å². The topological polar surface area (TPSA) is 86.2 Å². The molecule has 0 radical (unpaired) electrons. The van der Waals surface area contributed by atoms with Gasteiger partial charge in [0.25, 0.3) is 0 Å². The van der Waals surface area contributed by atoms with Gasteiger partial charge < -0.3 is 11.5 Å². The maximum Gasteiger partial charge on any atom is 0.230 e. The van der Waals surface area contributed by atoms with Crippen LogP contribution in [0.1, 0.15) is 20.8 Å². The van der Waals surface area contributed by atoms with Crippen molar-refractivity contribution >= 4 is 11.8 Å². The van der Waals surface area contributed by atoms with Gasteiger partial charge in [-0.3, -0.25) is 9.59 Å². The SMILES string of the molecule is CC(C)(C)C(C(N)=O)C(N)=O. The quantitative estimate of drug-likeness (QED) is 0.537. The summed E-state index contributed by atoms with van der Waals surface area (Å²) < 4.78 is 0. The van der Waals surface area contributed by atoms with Crippen LogP contribution in [0.4, 0.5) is 0 Å². The Morgan fingerprint density at radius 2 is 1.36 bits per heavy atom. The lowest BCUT2D eigenvalue weighted by atomic mass is 9.80. The summed E-state index contributed by atoms with van der Waals surface area (Å²) in [5.41, 5.74) is 9.48. The van der Waals surface area contributed by atoms with Crippen molar-refractivity contribution in [1.82, 2.24) is 0 Å². The zero-order valence-electron chi connectivity index (χ0n) is 7.05. The smallest absolute Gasteiger partial charge is 0.230 e. The fourth-order valence-electron chi connectivity index (χ4n) is 0.994. The second kappa shape index (κ2) is 2.90. The highest BCUT2D eigenvalue weighted by Crippen LogP contribution is 2.24. The fourth-order valence-corrected chi connectivity index (χ4v) is 0.994. The number of hydrogen-bond acceptors (Lipinski definition) is 2. The molecular weight excluding hydrogens is 144 g/mol. The predicted octanol–water partition coefficient (Wildman–Crippen LogP) is -0.381. The van der Waals surface area contributed by atoms with Gasteiger partial charge in [-0.2, -0.15) is 0 Å². The molecule has 2 amide bonds. The van der Waals surface area contributed by atoms with Crippen LogP contribution in [0.25, 0.3) is 0 Å². The number of primary amides is 2. The summed E-state index contributed by atoms with van der Waals surface area (Å²) in [5.74, 6) is -2.21. The molecule has 0 aromatic rings. The van der Waals surface area contributed by atoms with Gasteiger partial charge in [0, 0.05) is 0 Å². The molecule has 0 spiro atoms. The fraction of sp³-hybridized carbons (Fsp3) is 0.714. The summed E-state index contributed by atoms with van der Waals surface area (Å²) in [4.78, 5) is 21.4.